The lowest BCUT2D eigenvalue weighted by molar-refractivity contribution is 0.475. The van der Waals surface area contributed by atoms with Crippen molar-refractivity contribution in [1.29, 1.82) is 0 Å². The Balaban J connectivity index is 1.73. The van der Waals surface area contributed by atoms with Crippen LogP contribution in [0.3, 0.4) is 0 Å². The fourth-order valence-corrected chi connectivity index (χ4v) is 2.66. The number of rotatable bonds is 3. The van der Waals surface area contributed by atoms with Crippen molar-refractivity contribution in [1.82, 2.24) is 0 Å². The Bertz CT molecular complexity index is 556. The number of phenolic OH excluding ortho intramolecular Hbond substituents is 1. The van der Waals surface area contributed by atoms with Crippen LogP contribution >= 0.6 is 0 Å². The molecule has 0 spiro atoms. The first-order valence-corrected chi connectivity index (χ1v) is 6.84. The standard InChI is InChI=1S/C18H18O/c19-18-11-9-17(10-12-18)16-7-5-15(6-8-16)13-14-3-1-2-4-14/h1-2,5-12,14,19H,3-4,13H2. The minimum atomic E-state index is 0.314. The molecule has 0 bridgehead atoms. The molecule has 0 radical (unpaired) electrons. The summed E-state index contributed by atoms with van der Waals surface area (Å²) in [4.78, 5) is 0. The molecular formula is C18H18O. The third-order valence-electron chi connectivity index (χ3n) is 3.78. The van der Waals surface area contributed by atoms with E-state index in [1.807, 2.05) is 12.1 Å². The number of benzene rings is 2. The predicted octanol–water partition coefficient (Wildman–Crippen LogP) is 4.57. The van der Waals surface area contributed by atoms with E-state index < -0.39 is 0 Å². The zero-order valence-corrected chi connectivity index (χ0v) is 10.9. The van der Waals surface area contributed by atoms with Gasteiger partial charge >= 0.3 is 0 Å². The topological polar surface area (TPSA) is 20.2 Å². The van der Waals surface area contributed by atoms with Crippen LogP contribution in [0, 0.1) is 5.92 Å². The number of hydrogen-bond donors (Lipinski definition) is 1. The lowest BCUT2D eigenvalue weighted by Crippen LogP contribution is -1.98. The highest BCUT2D eigenvalue weighted by atomic mass is 16.3. The van der Waals surface area contributed by atoms with Gasteiger partial charge in [0.25, 0.3) is 0 Å². The summed E-state index contributed by atoms with van der Waals surface area (Å²) >= 11 is 0. The predicted molar refractivity (Wildman–Crippen MR) is 79.1 cm³/mol. The van der Waals surface area contributed by atoms with Crippen molar-refractivity contribution in [3.63, 3.8) is 0 Å². The number of aromatic hydroxyl groups is 1. The molecule has 1 aliphatic rings. The minimum absolute atomic E-state index is 0.314. The van der Waals surface area contributed by atoms with Gasteiger partial charge in [-0.15, -0.1) is 0 Å². The molecule has 0 unspecified atom stereocenters. The van der Waals surface area contributed by atoms with Gasteiger partial charge in [-0.1, -0.05) is 48.6 Å². The molecule has 1 aliphatic carbocycles. The van der Waals surface area contributed by atoms with Crippen molar-refractivity contribution in [2.45, 2.75) is 19.3 Å². The van der Waals surface area contributed by atoms with Crippen LogP contribution in [0.25, 0.3) is 11.1 Å². The van der Waals surface area contributed by atoms with Crippen molar-refractivity contribution in [2.24, 2.45) is 5.92 Å². The lowest BCUT2D eigenvalue weighted by Gasteiger charge is -2.10. The average molecular weight is 250 g/mol. The highest BCUT2D eigenvalue weighted by Crippen LogP contribution is 2.25. The molecule has 0 amide bonds. The van der Waals surface area contributed by atoms with E-state index in [0.717, 1.165) is 11.5 Å². The lowest BCUT2D eigenvalue weighted by atomic mass is 9.95. The molecule has 2 aromatic carbocycles. The highest BCUT2D eigenvalue weighted by Gasteiger charge is 2.10. The summed E-state index contributed by atoms with van der Waals surface area (Å²) in [5, 5.41) is 9.30. The van der Waals surface area contributed by atoms with Gasteiger partial charge in [0, 0.05) is 0 Å². The maximum atomic E-state index is 9.30. The molecule has 3 rings (SSSR count). The van der Waals surface area contributed by atoms with E-state index in [9.17, 15) is 5.11 Å². The van der Waals surface area contributed by atoms with Crippen LogP contribution in [-0.4, -0.2) is 5.11 Å². The molecular weight excluding hydrogens is 232 g/mol. The summed E-state index contributed by atoms with van der Waals surface area (Å²) in [6, 6.07) is 16.1. The largest absolute Gasteiger partial charge is 0.508 e. The average Bonchev–Trinajstić information content (AvgIpc) is 2.94. The second-order valence-electron chi connectivity index (χ2n) is 5.26. The molecule has 1 heteroatoms. The van der Waals surface area contributed by atoms with Gasteiger partial charge in [-0.05, 0) is 54.0 Å². The molecule has 1 nitrogen and oxygen atoms in total. The van der Waals surface area contributed by atoms with Gasteiger partial charge < -0.3 is 5.11 Å². The third kappa shape index (κ3) is 2.87. The van der Waals surface area contributed by atoms with Gasteiger partial charge in [0.05, 0.1) is 0 Å². The smallest absolute Gasteiger partial charge is 0.115 e. The van der Waals surface area contributed by atoms with Gasteiger partial charge in [0.2, 0.25) is 0 Å². The van der Waals surface area contributed by atoms with Crippen LogP contribution in [0.4, 0.5) is 0 Å². The summed E-state index contributed by atoms with van der Waals surface area (Å²) in [7, 11) is 0. The maximum Gasteiger partial charge on any atom is 0.115 e. The van der Waals surface area contributed by atoms with Crippen molar-refractivity contribution in [3.8, 4) is 16.9 Å². The van der Waals surface area contributed by atoms with Crippen molar-refractivity contribution in [3.05, 3.63) is 66.2 Å². The van der Waals surface area contributed by atoms with Crippen molar-refractivity contribution < 1.29 is 5.11 Å². The van der Waals surface area contributed by atoms with E-state index >= 15 is 0 Å². The number of allylic oxidation sites excluding steroid dienone is 2. The van der Waals surface area contributed by atoms with E-state index in [1.165, 1.54) is 30.4 Å². The van der Waals surface area contributed by atoms with E-state index in [2.05, 4.69) is 36.4 Å². The fourth-order valence-electron chi connectivity index (χ4n) is 2.66. The second-order valence-corrected chi connectivity index (χ2v) is 5.26. The monoisotopic (exact) mass is 250 g/mol. The number of hydrogen-bond acceptors (Lipinski definition) is 1. The van der Waals surface area contributed by atoms with Crippen molar-refractivity contribution >= 4 is 0 Å². The van der Waals surface area contributed by atoms with E-state index in [0.29, 0.717) is 5.75 Å². The highest BCUT2D eigenvalue weighted by molar-refractivity contribution is 5.64. The Kier molecular flexibility index (Phi) is 3.37. The molecule has 96 valence electrons. The van der Waals surface area contributed by atoms with E-state index in [4.69, 9.17) is 0 Å². The Morgan fingerprint density at radius 3 is 1.89 bits per heavy atom. The molecule has 0 saturated carbocycles. The van der Waals surface area contributed by atoms with E-state index in [-0.39, 0.29) is 0 Å². The number of phenols is 1. The second kappa shape index (κ2) is 5.31. The minimum Gasteiger partial charge on any atom is -0.508 e. The molecule has 19 heavy (non-hydrogen) atoms. The molecule has 0 heterocycles. The fraction of sp³-hybridized carbons (Fsp3) is 0.222. The molecule has 2 aromatic rings. The first kappa shape index (κ1) is 12.0. The molecule has 0 aliphatic heterocycles. The van der Waals surface area contributed by atoms with Crippen LogP contribution in [-0.2, 0) is 6.42 Å². The first-order chi connectivity index (χ1) is 9.31. The molecule has 1 N–H and O–H groups in total. The maximum absolute atomic E-state index is 9.30. The summed E-state index contributed by atoms with van der Waals surface area (Å²) < 4.78 is 0. The van der Waals surface area contributed by atoms with Crippen LogP contribution < -0.4 is 0 Å². The van der Waals surface area contributed by atoms with E-state index in [1.54, 1.807) is 12.1 Å². The van der Waals surface area contributed by atoms with Gasteiger partial charge in [-0.2, -0.15) is 0 Å². The van der Waals surface area contributed by atoms with Crippen LogP contribution in [0.2, 0.25) is 0 Å². The molecule has 0 aromatic heterocycles. The van der Waals surface area contributed by atoms with Crippen LogP contribution in [0.15, 0.2) is 60.7 Å². The zero-order valence-electron chi connectivity index (χ0n) is 10.9. The van der Waals surface area contributed by atoms with Crippen LogP contribution in [0.5, 0.6) is 5.75 Å². The van der Waals surface area contributed by atoms with Gasteiger partial charge in [0.15, 0.2) is 0 Å². The van der Waals surface area contributed by atoms with Gasteiger partial charge in [0.1, 0.15) is 5.75 Å². The Morgan fingerprint density at radius 1 is 0.789 bits per heavy atom. The first-order valence-electron chi connectivity index (χ1n) is 6.84. The van der Waals surface area contributed by atoms with Gasteiger partial charge in [-0.3, -0.25) is 0 Å². The summed E-state index contributed by atoms with van der Waals surface area (Å²) in [6.07, 6.45) is 8.19. The summed E-state index contributed by atoms with van der Waals surface area (Å²) in [5.74, 6) is 1.11. The molecule has 0 fully saturated rings. The van der Waals surface area contributed by atoms with Gasteiger partial charge in [-0.25, -0.2) is 0 Å². The SMILES string of the molecule is Oc1ccc(-c2ccc(CC3CC=CC3)cc2)cc1. The molecule has 0 saturated heterocycles. The normalized spacial score (nSPS) is 14.9. The Labute approximate surface area is 114 Å². The Morgan fingerprint density at radius 2 is 1.32 bits per heavy atom. The Hall–Kier alpha value is -2.02. The summed E-state index contributed by atoms with van der Waals surface area (Å²) in [6.45, 7) is 0. The zero-order chi connectivity index (χ0) is 13.1. The van der Waals surface area contributed by atoms with Crippen LogP contribution in [0.1, 0.15) is 18.4 Å². The summed E-state index contributed by atoms with van der Waals surface area (Å²) in [5.41, 5.74) is 3.76. The third-order valence-corrected chi connectivity index (χ3v) is 3.78. The van der Waals surface area contributed by atoms with Crippen molar-refractivity contribution in [2.75, 3.05) is 0 Å². The molecule has 0 atom stereocenters. The quantitative estimate of drug-likeness (QED) is 0.791.